The molecule has 0 spiro atoms. The quantitative estimate of drug-likeness (QED) is 0.889. The van der Waals surface area contributed by atoms with Crippen LogP contribution in [0.3, 0.4) is 0 Å². The number of hydrogen-bond acceptors (Lipinski definition) is 2. The average molecular weight is 335 g/mol. The van der Waals surface area contributed by atoms with Gasteiger partial charge in [-0.15, -0.1) is 0 Å². The molecule has 1 rings (SSSR count). The van der Waals surface area contributed by atoms with Crippen LogP contribution in [-0.4, -0.2) is 22.5 Å². The predicted molar refractivity (Wildman–Crippen MR) is 73.0 cm³/mol. The van der Waals surface area contributed by atoms with Crippen LogP contribution in [0, 0.1) is 0 Å². The molecule has 0 unspecified atom stereocenters. The first-order chi connectivity index (χ1) is 8.23. The molecule has 0 heterocycles. The molecule has 98 valence electrons. The maximum Gasteiger partial charge on any atom is 0.305 e. The summed E-state index contributed by atoms with van der Waals surface area (Å²) in [5, 5.41) is 11.7. The number of carbonyl (C=O) groups is 2. The van der Waals surface area contributed by atoms with Crippen molar-refractivity contribution in [1.82, 2.24) is 5.32 Å². The lowest BCUT2D eigenvalue weighted by atomic mass is 10.00. The topological polar surface area (TPSA) is 66.4 Å². The normalized spacial score (nSPS) is 11.1. The molecule has 0 aromatic heterocycles. The van der Waals surface area contributed by atoms with E-state index in [0.29, 0.717) is 15.1 Å². The second-order valence-electron chi connectivity index (χ2n) is 4.51. The zero-order valence-corrected chi connectivity index (χ0v) is 12.3. The number of nitrogens with one attached hydrogen (secondary N) is 1. The number of hydrogen-bond donors (Lipinski definition) is 2. The van der Waals surface area contributed by atoms with Crippen molar-refractivity contribution in [3.05, 3.63) is 33.3 Å². The summed E-state index contributed by atoms with van der Waals surface area (Å²) in [5.74, 6) is -1.37. The van der Waals surface area contributed by atoms with Crippen molar-refractivity contribution < 1.29 is 14.7 Å². The smallest absolute Gasteiger partial charge is 0.305 e. The van der Waals surface area contributed by atoms with Crippen molar-refractivity contribution in [2.24, 2.45) is 0 Å². The fraction of sp³-hybridized carbons (Fsp3) is 0.333. The summed E-state index contributed by atoms with van der Waals surface area (Å²) in [5.41, 5.74) is -0.529. The van der Waals surface area contributed by atoms with Gasteiger partial charge in [-0.05, 0) is 41.9 Å². The number of carboxylic acid groups (broad SMARTS) is 1. The van der Waals surface area contributed by atoms with Gasteiger partial charge in [0.25, 0.3) is 5.91 Å². The molecule has 18 heavy (non-hydrogen) atoms. The monoisotopic (exact) mass is 333 g/mol. The maximum absolute atomic E-state index is 12.0. The van der Waals surface area contributed by atoms with Gasteiger partial charge in [0.05, 0.1) is 17.0 Å². The van der Waals surface area contributed by atoms with Crippen LogP contribution in [0.1, 0.15) is 30.6 Å². The number of halogens is 2. The number of carbonyl (C=O) groups excluding carboxylic acids is 1. The van der Waals surface area contributed by atoms with E-state index in [0.717, 1.165) is 0 Å². The molecule has 0 saturated carbocycles. The number of aliphatic carboxylic acids is 1. The van der Waals surface area contributed by atoms with E-state index in [-0.39, 0.29) is 6.42 Å². The Balaban J connectivity index is 2.89. The summed E-state index contributed by atoms with van der Waals surface area (Å²) in [4.78, 5) is 22.7. The molecular formula is C12H13BrClNO3. The second kappa shape index (κ2) is 5.71. The minimum absolute atomic E-state index is 0.162. The summed E-state index contributed by atoms with van der Waals surface area (Å²) in [6.07, 6.45) is -0.162. The van der Waals surface area contributed by atoms with Gasteiger partial charge in [-0.2, -0.15) is 0 Å². The third-order valence-corrected chi connectivity index (χ3v) is 3.54. The van der Waals surface area contributed by atoms with Crippen molar-refractivity contribution in [1.29, 1.82) is 0 Å². The molecule has 1 amide bonds. The molecule has 1 aromatic rings. The number of benzene rings is 1. The fourth-order valence-electron chi connectivity index (χ4n) is 1.48. The van der Waals surface area contributed by atoms with Crippen molar-refractivity contribution in [2.75, 3.05) is 0 Å². The molecule has 0 atom stereocenters. The van der Waals surface area contributed by atoms with Gasteiger partial charge < -0.3 is 10.4 Å². The molecule has 0 fully saturated rings. The Morgan fingerprint density at radius 2 is 2.06 bits per heavy atom. The predicted octanol–water partition coefficient (Wildman–Crippen LogP) is 3.09. The molecule has 2 N–H and O–H groups in total. The molecule has 0 saturated heterocycles. The van der Waals surface area contributed by atoms with E-state index in [1.807, 2.05) is 0 Å². The van der Waals surface area contributed by atoms with Gasteiger partial charge in [0, 0.05) is 10.0 Å². The van der Waals surface area contributed by atoms with Crippen LogP contribution in [0.4, 0.5) is 0 Å². The van der Waals surface area contributed by atoms with Crippen LogP contribution >= 0.6 is 27.5 Å². The molecule has 0 aliphatic heterocycles. The van der Waals surface area contributed by atoms with Crippen LogP contribution in [0.25, 0.3) is 0 Å². The summed E-state index contributed by atoms with van der Waals surface area (Å²) in [6, 6.07) is 5.00. The first-order valence-electron chi connectivity index (χ1n) is 5.21. The van der Waals surface area contributed by atoms with Crippen molar-refractivity contribution in [3.8, 4) is 0 Å². The van der Waals surface area contributed by atoms with E-state index in [1.54, 1.807) is 32.0 Å². The Bertz CT molecular complexity index is 488. The third-order valence-electron chi connectivity index (χ3n) is 2.24. The highest BCUT2D eigenvalue weighted by Gasteiger charge is 2.25. The molecule has 0 aliphatic carbocycles. The van der Waals surface area contributed by atoms with Gasteiger partial charge in [0.2, 0.25) is 0 Å². The zero-order valence-electron chi connectivity index (χ0n) is 9.96. The second-order valence-corrected chi connectivity index (χ2v) is 5.74. The van der Waals surface area contributed by atoms with E-state index in [1.165, 1.54) is 0 Å². The molecule has 0 bridgehead atoms. The summed E-state index contributed by atoms with van der Waals surface area (Å²) in [6.45, 7) is 3.29. The van der Waals surface area contributed by atoms with Crippen LogP contribution in [0.5, 0.6) is 0 Å². The number of amides is 1. The van der Waals surface area contributed by atoms with Crippen molar-refractivity contribution in [3.63, 3.8) is 0 Å². The third kappa shape index (κ3) is 3.99. The first-order valence-corrected chi connectivity index (χ1v) is 6.38. The zero-order chi connectivity index (χ0) is 13.9. The Kier molecular flexibility index (Phi) is 4.76. The van der Waals surface area contributed by atoms with Gasteiger partial charge in [0.1, 0.15) is 0 Å². The molecule has 4 nitrogen and oxygen atoms in total. The summed E-state index contributed by atoms with van der Waals surface area (Å²) in [7, 11) is 0. The van der Waals surface area contributed by atoms with E-state index < -0.39 is 17.4 Å². The highest BCUT2D eigenvalue weighted by atomic mass is 79.9. The van der Waals surface area contributed by atoms with E-state index >= 15 is 0 Å². The Morgan fingerprint density at radius 3 is 2.61 bits per heavy atom. The molecule has 6 heteroatoms. The highest BCUT2D eigenvalue weighted by molar-refractivity contribution is 9.10. The number of carboxylic acids is 1. The minimum Gasteiger partial charge on any atom is -0.481 e. The van der Waals surface area contributed by atoms with E-state index in [2.05, 4.69) is 21.2 Å². The van der Waals surface area contributed by atoms with Crippen molar-refractivity contribution in [2.45, 2.75) is 25.8 Å². The Labute approximate surface area is 118 Å². The lowest BCUT2D eigenvalue weighted by Crippen LogP contribution is -2.45. The molecule has 0 aliphatic rings. The molecule has 0 radical (unpaired) electrons. The summed E-state index contributed by atoms with van der Waals surface area (Å²) >= 11 is 9.23. The SMILES string of the molecule is CC(C)(CC(=O)O)NC(=O)c1cccc(Br)c1Cl. The largest absolute Gasteiger partial charge is 0.481 e. The lowest BCUT2D eigenvalue weighted by molar-refractivity contribution is -0.138. The van der Waals surface area contributed by atoms with E-state index in [4.69, 9.17) is 16.7 Å². The highest BCUT2D eigenvalue weighted by Crippen LogP contribution is 2.26. The first kappa shape index (κ1) is 15.0. The van der Waals surface area contributed by atoms with Crippen molar-refractivity contribution >= 4 is 39.4 Å². The molecule has 1 aromatic carbocycles. The van der Waals surface area contributed by atoms with Gasteiger partial charge in [-0.25, -0.2) is 0 Å². The lowest BCUT2D eigenvalue weighted by Gasteiger charge is -2.24. The Hall–Kier alpha value is -1.07. The van der Waals surface area contributed by atoms with Crippen LogP contribution in [-0.2, 0) is 4.79 Å². The fourth-order valence-corrected chi connectivity index (χ4v) is 2.05. The van der Waals surface area contributed by atoms with Gasteiger partial charge in [0.15, 0.2) is 0 Å². The van der Waals surface area contributed by atoms with E-state index in [9.17, 15) is 9.59 Å². The standard InChI is InChI=1S/C12H13BrClNO3/c1-12(2,6-9(16)17)15-11(18)7-4-3-5-8(13)10(7)14/h3-5H,6H2,1-2H3,(H,15,18)(H,16,17). The average Bonchev–Trinajstić information content (AvgIpc) is 2.18. The molecular weight excluding hydrogens is 321 g/mol. The van der Waals surface area contributed by atoms with Crippen LogP contribution in [0.15, 0.2) is 22.7 Å². The van der Waals surface area contributed by atoms with Crippen LogP contribution in [0.2, 0.25) is 5.02 Å². The Morgan fingerprint density at radius 1 is 1.44 bits per heavy atom. The van der Waals surface area contributed by atoms with Gasteiger partial charge in [-0.3, -0.25) is 9.59 Å². The van der Waals surface area contributed by atoms with Gasteiger partial charge in [-0.1, -0.05) is 17.7 Å². The maximum atomic E-state index is 12.0. The van der Waals surface area contributed by atoms with Gasteiger partial charge >= 0.3 is 5.97 Å². The minimum atomic E-state index is -0.972. The van der Waals surface area contributed by atoms with Crippen LogP contribution < -0.4 is 5.32 Å². The summed E-state index contributed by atoms with van der Waals surface area (Å²) < 4.78 is 0.618. The number of rotatable bonds is 4.